The van der Waals surface area contributed by atoms with Gasteiger partial charge < -0.3 is 19.4 Å². The highest BCUT2D eigenvalue weighted by Crippen LogP contribution is 2.35. The van der Waals surface area contributed by atoms with E-state index in [0.29, 0.717) is 17.8 Å². The molecule has 2 aliphatic rings. The van der Waals surface area contributed by atoms with Crippen molar-refractivity contribution < 1.29 is 14.3 Å². The number of carbonyl (C=O) groups is 1. The van der Waals surface area contributed by atoms with Crippen LogP contribution in [-0.2, 0) is 17.7 Å². The standard InChI is InChI=1S/C22H32N6O3/c1-22(2,3)31-21(29)25-17-7-5-6-15(10-17)19-27-26-18-11-14(8-9-28(18)19)16-12-23-20(30-4)24-13-16/h12-15,17H,5-11H2,1-4H3,(H,25,29)/t14?,15-,17?/m0/s1. The molecule has 9 nitrogen and oxygen atoms in total. The number of nitrogens with zero attached hydrogens (tertiary/aromatic N) is 5. The maximum Gasteiger partial charge on any atom is 0.407 e. The van der Waals surface area contributed by atoms with Gasteiger partial charge in [0.25, 0.3) is 0 Å². The van der Waals surface area contributed by atoms with Crippen LogP contribution in [0.1, 0.15) is 81.9 Å². The lowest BCUT2D eigenvalue weighted by molar-refractivity contribution is 0.0489. The molecule has 0 spiro atoms. The predicted octanol–water partition coefficient (Wildman–Crippen LogP) is 3.36. The van der Waals surface area contributed by atoms with Crippen molar-refractivity contribution in [2.45, 2.75) is 89.3 Å². The summed E-state index contributed by atoms with van der Waals surface area (Å²) in [5.74, 6) is 2.71. The van der Waals surface area contributed by atoms with Crippen LogP contribution >= 0.6 is 0 Å². The fourth-order valence-electron chi connectivity index (χ4n) is 4.61. The summed E-state index contributed by atoms with van der Waals surface area (Å²) in [5, 5.41) is 12.1. The van der Waals surface area contributed by atoms with Crippen LogP contribution in [0.2, 0.25) is 0 Å². The summed E-state index contributed by atoms with van der Waals surface area (Å²) in [4.78, 5) is 20.7. The summed E-state index contributed by atoms with van der Waals surface area (Å²) in [7, 11) is 1.57. The Morgan fingerprint density at radius 2 is 1.90 bits per heavy atom. The highest BCUT2D eigenvalue weighted by molar-refractivity contribution is 5.68. The van der Waals surface area contributed by atoms with Gasteiger partial charge in [-0.05, 0) is 57.9 Å². The number of fused-ring (bicyclic) bond motifs is 1. The molecule has 1 amide bonds. The molecule has 2 aromatic rings. The number of hydrogen-bond donors (Lipinski definition) is 1. The number of nitrogens with one attached hydrogen (secondary N) is 1. The number of ether oxygens (including phenoxy) is 2. The van der Waals surface area contributed by atoms with Crippen LogP contribution in [0.5, 0.6) is 6.01 Å². The van der Waals surface area contributed by atoms with Crippen molar-refractivity contribution >= 4 is 6.09 Å². The van der Waals surface area contributed by atoms with Gasteiger partial charge in [-0.2, -0.15) is 0 Å². The molecule has 31 heavy (non-hydrogen) atoms. The third-order valence-electron chi connectivity index (χ3n) is 6.05. The molecule has 168 valence electrons. The zero-order valence-corrected chi connectivity index (χ0v) is 18.8. The van der Waals surface area contributed by atoms with Gasteiger partial charge in [0.05, 0.1) is 7.11 Å². The number of aromatic nitrogens is 5. The van der Waals surface area contributed by atoms with E-state index in [9.17, 15) is 4.79 Å². The number of rotatable bonds is 4. The number of hydrogen-bond acceptors (Lipinski definition) is 7. The normalized spacial score (nSPS) is 23.7. The van der Waals surface area contributed by atoms with E-state index >= 15 is 0 Å². The molecule has 1 aliphatic carbocycles. The van der Waals surface area contributed by atoms with E-state index in [0.717, 1.165) is 62.3 Å². The van der Waals surface area contributed by atoms with Gasteiger partial charge in [0.15, 0.2) is 0 Å². The second-order valence-electron chi connectivity index (χ2n) is 9.53. The molecular formula is C22H32N6O3. The lowest BCUT2D eigenvalue weighted by atomic mass is 9.84. The summed E-state index contributed by atoms with van der Waals surface area (Å²) >= 11 is 0. The molecule has 0 aromatic carbocycles. The van der Waals surface area contributed by atoms with Crippen LogP contribution in [0.15, 0.2) is 12.4 Å². The average molecular weight is 429 g/mol. The Balaban J connectivity index is 1.40. The van der Waals surface area contributed by atoms with E-state index < -0.39 is 5.60 Å². The van der Waals surface area contributed by atoms with E-state index in [2.05, 4.69) is 30.0 Å². The first-order chi connectivity index (χ1) is 14.8. The molecule has 0 saturated heterocycles. The average Bonchev–Trinajstić information content (AvgIpc) is 3.16. The molecular weight excluding hydrogens is 396 g/mol. The Kier molecular flexibility index (Phi) is 6.11. The van der Waals surface area contributed by atoms with E-state index in [1.54, 1.807) is 7.11 Å². The van der Waals surface area contributed by atoms with Gasteiger partial charge in [0.2, 0.25) is 0 Å². The summed E-state index contributed by atoms with van der Waals surface area (Å²) in [5.41, 5.74) is 0.617. The SMILES string of the molecule is COc1ncc(C2CCn3c(nnc3[C@H]3CCCC(NC(=O)OC(C)(C)C)C3)C2)cn1. The minimum Gasteiger partial charge on any atom is -0.467 e. The Bertz CT molecular complexity index is 905. The molecule has 1 saturated carbocycles. The molecule has 0 bridgehead atoms. The van der Waals surface area contributed by atoms with Crippen molar-refractivity contribution in [2.24, 2.45) is 0 Å². The van der Waals surface area contributed by atoms with Crippen molar-refractivity contribution in [3.63, 3.8) is 0 Å². The lowest BCUT2D eigenvalue weighted by Crippen LogP contribution is -2.41. The van der Waals surface area contributed by atoms with E-state index in [4.69, 9.17) is 9.47 Å². The zero-order chi connectivity index (χ0) is 22.0. The molecule has 2 unspecified atom stereocenters. The summed E-state index contributed by atoms with van der Waals surface area (Å²) < 4.78 is 12.8. The fraction of sp³-hybridized carbons (Fsp3) is 0.682. The third kappa shape index (κ3) is 5.14. The Labute approximate surface area is 183 Å². The largest absolute Gasteiger partial charge is 0.467 e. The van der Waals surface area contributed by atoms with Crippen LogP contribution in [0.3, 0.4) is 0 Å². The lowest BCUT2D eigenvalue weighted by Gasteiger charge is -2.31. The van der Waals surface area contributed by atoms with Crippen molar-refractivity contribution in [2.75, 3.05) is 7.11 Å². The van der Waals surface area contributed by atoms with Crippen LogP contribution in [0.25, 0.3) is 0 Å². The molecule has 9 heteroatoms. The van der Waals surface area contributed by atoms with Gasteiger partial charge in [-0.15, -0.1) is 10.2 Å². The molecule has 4 rings (SSSR count). The number of alkyl carbamates (subject to hydrolysis) is 1. The zero-order valence-electron chi connectivity index (χ0n) is 18.8. The van der Waals surface area contributed by atoms with Crippen molar-refractivity contribution in [1.82, 2.24) is 30.0 Å². The summed E-state index contributed by atoms with van der Waals surface area (Å²) in [6.45, 7) is 6.52. The second kappa shape index (κ2) is 8.80. The smallest absolute Gasteiger partial charge is 0.407 e. The topological polar surface area (TPSA) is 104 Å². The van der Waals surface area contributed by atoms with E-state index in [1.807, 2.05) is 33.2 Å². The molecule has 1 fully saturated rings. The van der Waals surface area contributed by atoms with Crippen LogP contribution in [-0.4, -0.2) is 49.6 Å². The summed E-state index contributed by atoms with van der Waals surface area (Å²) in [6, 6.07) is 0.492. The Morgan fingerprint density at radius 3 is 2.61 bits per heavy atom. The molecule has 0 radical (unpaired) electrons. The minimum atomic E-state index is -0.490. The monoisotopic (exact) mass is 428 g/mol. The van der Waals surface area contributed by atoms with Gasteiger partial charge in [-0.3, -0.25) is 0 Å². The highest BCUT2D eigenvalue weighted by atomic mass is 16.6. The van der Waals surface area contributed by atoms with E-state index in [-0.39, 0.29) is 12.1 Å². The third-order valence-corrected chi connectivity index (χ3v) is 6.05. The molecule has 3 heterocycles. The van der Waals surface area contributed by atoms with Crippen LogP contribution < -0.4 is 10.1 Å². The maximum absolute atomic E-state index is 12.2. The van der Waals surface area contributed by atoms with Crippen molar-refractivity contribution in [3.05, 3.63) is 29.6 Å². The second-order valence-corrected chi connectivity index (χ2v) is 9.53. The van der Waals surface area contributed by atoms with E-state index in [1.165, 1.54) is 0 Å². The Morgan fingerprint density at radius 1 is 1.13 bits per heavy atom. The van der Waals surface area contributed by atoms with Gasteiger partial charge >= 0.3 is 12.1 Å². The van der Waals surface area contributed by atoms with Crippen LogP contribution in [0, 0.1) is 0 Å². The minimum absolute atomic E-state index is 0.106. The molecule has 1 N–H and O–H groups in total. The van der Waals surface area contributed by atoms with Crippen LogP contribution in [0.4, 0.5) is 4.79 Å². The maximum atomic E-state index is 12.2. The summed E-state index contributed by atoms with van der Waals surface area (Å²) in [6.07, 6.45) is 9.14. The predicted molar refractivity (Wildman–Crippen MR) is 114 cm³/mol. The molecule has 2 aromatic heterocycles. The number of methoxy groups -OCH3 is 1. The molecule has 1 aliphatic heterocycles. The number of carbonyl (C=O) groups excluding carboxylic acids is 1. The van der Waals surface area contributed by atoms with Gasteiger partial charge in [0, 0.05) is 37.3 Å². The highest BCUT2D eigenvalue weighted by Gasteiger charge is 2.32. The van der Waals surface area contributed by atoms with Gasteiger partial charge in [-0.25, -0.2) is 14.8 Å². The van der Waals surface area contributed by atoms with Crippen molar-refractivity contribution in [1.29, 1.82) is 0 Å². The number of amides is 1. The fourth-order valence-corrected chi connectivity index (χ4v) is 4.61. The van der Waals surface area contributed by atoms with Crippen molar-refractivity contribution in [3.8, 4) is 6.01 Å². The molecule has 3 atom stereocenters. The first kappa shape index (κ1) is 21.5. The Hall–Kier alpha value is -2.71. The first-order valence-corrected chi connectivity index (χ1v) is 11.1. The van der Waals surface area contributed by atoms with Gasteiger partial charge in [0.1, 0.15) is 17.2 Å². The quantitative estimate of drug-likeness (QED) is 0.796. The van der Waals surface area contributed by atoms with Gasteiger partial charge in [-0.1, -0.05) is 6.42 Å². The first-order valence-electron chi connectivity index (χ1n) is 11.1.